The Morgan fingerprint density at radius 2 is 1.94 bits per heavy atom. The highest BCUT2D eigenvalue weighted by Gasteiger charge is 2.12. The second-order valence-electron chi connectivity index (χ2n) is 3.14. The molecule has 2 rings (SSSR count). The van der Waals surface area contributed by atoms with Crippen molar-refractivity contribution in [1.82, 2.24) is 0 Å². The molecule has 1 N–H and O–H groups in total. The van der Waals surface area contributed by atoms with Gasteiger partial charge in [-0.1, -0.05) is 18.2 Å². The molecule has 1 amide bonds. The van der Waals surface area contributed by atoms with Crippen molar-refractivity contribution in [3.8, 4) is 0 Å². The van der Waals surface area contributed by atoms with E-state index in [2.05, 4.69) is 5.32 Å². The average Bonchev–Trinajstić information content (AvgIpc) is 2.78. The molecule has 0 atom stereocenters. The number of hydrogen-bond donors (Lipinski definition) is 1. The normalized spacial score (nSPS) is 9.75. The van der Waals surface area contributed by atoms with Crippen LogP contribution in [0, 0.1) is 0 Å². The van der Waals surface area contributed by atoms with Crippen molar-refractivity contribution in [2.45, 2.75) is 0 Å². The molecule has 0 bridgehead atoms. The number of rotatable bonds is 3. The first-order valence-corrected chi connectivity index (χ1v) is 5.58. The number of carbonyl (C=O) groups excluding carboxylic acids is 2. The molecule has 0 aliphatic rings. The SMILES string of the molecule is O=Cc1ccsc1C(=O)Nc1ccccc1. The number of hydrogen-bond acceptors (Lipinski definition) is 3. The third-order valence-electron chi connectivity index (χ3n) is 2.06. The maximum Gasteiger partial charge on any atom is 0.266 e. The molecule has 2 aromatic rings. The van der Waals surface area contributed by atoms with Crippen LogP contribution in [0.5, 0.6) is 0 Å². The first kappa shape index (κ1) is 10.6. The number of amides is 1. The maximum absolute atomic E-state index is 11.8. The molecule has 1 heterocycles. The van der Waals surface area contributed by atoms with Gasteiger partial charge in [0.25, 0.3) is 5.91 Å². The summed E-state index contributed by atoms with van der Waals surface area (Å²) in [5.41, 5.74) is 1.15. The molecule has 0 spiro atoms. The zero-order chi connectivity index (χ0) is 11.4. The van der Waals surface area contributed by atoms with Gasteiger partial charge in [0.05, 0.1) is 0 Å². The Morgan fingerprint density at radius 3 is 2.62 bits per heavy atom. The van der Waals surface area contributed by atoms with Crippen molar-refractivity contribution in [1.29, 1.82) is 0 Å². The molecule has 0 aliphatic carbocycles. The van der Waals surface area contributed by atoms with E-state index < -0.39 is 0 Å². The van der Waals surface area contributed by atoms with Gasteiger partial charge in [-0.25, -0.2) is 0 Å². The lowest BCUT2D eigenvalue weighted by Gasteiger charge is -2.03. The Labute approximate surface area is 96.7 Å². The topological polar surface area (TPSA) is 46.2 Å². The monoisotopic (exact) mass is 231 g/mol. The van der Waals surface area contributed by atoms with Crippen LogP contribution in [0.2, 0.25) is 0 Å². The van der Waals surface area contributed by atoms with E-state index in [-0.39, 0.29) is 5.91 Å². The summed E-state index contributed by atoms with van der Waals surface area (Å²) < 4.78 is 0. The van der Waals surface area contributed by atoms with E-state index in [4.69, 9.17) is 0 Å². The van der Waals surface area contributed by atoms with E-state index in [0.717, 1.165) is 5.69 Å². The summed E-state index contributed by atoms with van der Waals surface area (Å²) >= 11 is 1.26. The quantitative estimate of drug-likeness (QED) is 0.825. The molecule has 0 saturated carbocycles. The van der Waals surface area contributed by atoms with Crippen LogP contribution < -0.4 is 5.32 Å². The van der Waals surface area contributed by atoms with Gasteiger partial charge in [0.15, 0.2) is 6.29 Å². The lowest BCUT2D eigenvalue weighted by atomic mass is 10.2. The van der Waals surface area contributed by atoms with Gasteiger partial charge in [0.1, 0.15) is 4.88 Å². The number of para-hydroxylation sites is 1. The highest BCUT2D eigenvalue weighted by atomic mass is 32.1. The van der Waals surface area contributed by atoms with E-state index in [1.54, 1.807) is 23.6 Å². The fourth-order valence-electron chi connectivity index (χ4n) is 1.31. The molecule has 16 heavy (non-hydrogen) atoms. The van der Waals surface area contributed by atoms with Crippen LogP contribution in [0.1, 0.15) is 20.0 Å². The lowest BCUT2D eigenvalue weighted by Crippen LogP contribution is -2.11. The van der Waals surface area contributed by atoms with Crippen LogP contribution >= 0.6 is 11.3 Å². The second-order valence-corrected chi connectivity index (χ2v) is 4.06. The number of carbonyl (C=O) groups is 2. The van der Waals surface area contributed by atoms with E-state index in [1.165, 1.54) is 11.3 Å². The summed E-state index contributed by atoms with van der Waals surface area (Å²) in [6.45, 7) is 0. The Hall–Kier alpha value is -1.94. The number of anilines is 1. The van der Waals surface area contributed by atoms with Crippen LogP contribution in [0.3, 0.4) is 0 Å². The summed E-state index contributed by atoms with van der Waals surface area (Å²) in [5, 5.41) is 4.46. The van der Waals surface area contributed by atoms with Crippen molar-refractivity contribution in [3.05, 3.63) is 52.2 Å². The predicted octanol–water partition coefficient (Wildman–Crippen LogP) is 2.81. The molecule has 1 aromatic carbocycles. The average molecular weight is 231 g/mol. The van der Waals surface area contributed by atoms with E-state index in [0.29, 0.717) is 16.7 Å². The van der Waals surface area contributed by atoms with Gasteiger partial charge in [0.2, 0.25) is 0 Å². The van der Waals surface area contributed by atoms with E-state index in [1.807, 2.05) is 18.2 Å². The van der Waals surface area contributed by atoms with Crippen molar-refractivity contribution in [2.75, 3.05) is 5.32 Å². The molecule has 0 aliphatic heterocycles. The Morgan fingerprint density at radius 1 is 1.19 bits per heavy atom. The second kappa shape index (κ2) is 4.72. The fourth-order valence-corrected chi connectivity index (χ4v) is 2.07. The van der Waals surface area contributed by atoms with Crippen LogP contribution in [0.15, 0.2) is 41.8 Å². The standard InChI is InChI=1S/C12H9NO2S/c14-8-9-6-7-16-11(9)12(15)13-10-4-2-1-3-5-10/h1-8H,(H,13,15). The summed E-state index contributed by atoms with van der Waals surface area (Å²) in [7, 11) is 0. The number of benzene rings is 1. The van der Waals surface area contributed by atoms with Gasteiger partial charge in [-0.05, 0) is 23.6 Å². The van der Waals surface area contributed by atoms with Gasteiger partial charge in [-0.15, -0.1) is 11.3 Å². The summed E-state index contributed by atoms with van der Waals surface area (Å²) in [6.07, 6.45) is 0.691. The van der Waals surface area contributed by atoms with Crippen LogP contribution in [0.4, 0.5) is 5.69 Å². The zero-order valence-electron chi connectivity index (χ0n) is 8.34. The molecular weight excluding hydrogens is 222 g/mol. The number of nitrogens with one attached hydrogen (secondary N) is 1. The number of aldehydes is 1. The van der Waals surface area contributed by atoms with Crippen LogP contribution in [-0.4, -0.2) is 12.2 Å². The van der Waals surface area contributed by atoms with Crippen molar-refractivity contribution in [3.63, 3.8) is 0 Å². The zero-order valence-corrected chi connectivity index (χ0v) is 9.16. The van der Waals surface area contributed by atoms with E-state index >= 15 is 0 Å². The van der Waals surface area contributed by atoms with Crippen LogP contribution in [0.25, 0.3) is 0 Å². The molecule has 0 unspecified atom stereocenters. The third kappa shape index (κ3) is 2.17. The van der Waals surface area contributed by atoms with Gasteiger partial charge in [-0.2, -0.15) is 0 Å². The Bertz CT molecular complexity index is 505. The molecule has 4 heteroatoms. The first-order chi connectivity index (χ1) is 7.81. The number of thiophene rings is 1. The minimum Gasteiger partial charge on any atom is -0.321 e. The fraction of sp³-hybridized carbons (Fsp3) is 0. The highest BCUT2D eigenvalue weighted by Crippen LogP contribution is 2.17. The molecule has 1 aromatic heterocycles. The summed E-state index contributed by atoms with van der Waals surface area (Å²) in [5.74, 6) is -0.247. The molecule has 0 fully saturated rings. The lowest BCUT2D eigenvalue weighted by molar-refractivity contribution is 0.102. The van der Waals surface area contributed by atoms with Crippen molar-refractivity contribution >= 4 is 29.2 Å². The molecular formula is C12H9NO2S. The molecule has 0 radical (unpaired) electrons. The minimum absolute atomic E-state index is 0.247. The van der Waals surface area contributed by atoms with Crippen molar-refractivity contribution < 1.29 is 9.59 Å². The van der Waals surface area contributed by atoms with Gasteiger partial charge in [-0.3, -0.25) is 9.59 Å². The highest BCUT2D eigenvalue weighted by molar-refractivity contribution is 7.12. The maximum atomic E-state index is 11.8. The molecule has 80 valence electrons. The molecule has 0 saturated heterocycles. The minimum atomic E-state index is -0.247. The summed E-state index contributed by atoms with van der Waals surface area (Å²) in [4.78, 5) is 22.9. The van der Waals surface area contributed by atoms with Crippen LogP contribution in [-0.2, 0) is 0 Å². The van der Waals surface area contributed by atoms with Crippen molar-refractivity contribution in [2.24, 2.45) is 0 Å². The molecule has 3 nitrogen and oxygen atoms in total. The Balaban J connectivity index is 2.18. The van der Waals surface area contributed by atoms with Gasteiger partial charge in [0, 0.05) is 11.3 Å². The third-order valence-corrected chi connectivity index (χ3v) is 2.99. The van der Waals surface area contributed by atoms with Gasteiger partial charge >= 0.3 is 0 Å². The smallest absolute Gasteiger partial charge is 0.266 e. The van der Waals surface area contributed by atoms with E-state index in [9.17, 15) is 9.59 Å². The van der Waals surface area contributed by atoms with Gasteiger partial charge < -0.3 is 5.32 Å². The summed E-state index contributed by atoms with van der Waals surface area (Å²) in [6, 6.07) is 10.8. The predicted molar refractivity (Wildman–Crippen MR) is 64.1 cm³/mol. The largest absolute Gasteiger partial charge is 0.321 e. The first-order valence-electron chi connectivity index (χ1n) is 4.70. The Kier molecular flexibility index (Phi) is 3.12.